The highest BCUT2D eigenvalue weighted by Crippen LogP contribution is 2.25. The molecule has 1 aromatic heterocycles. The van der Waals surface area contributed by atoms with Crippen molar-refractivity contribution in [1.29, 1.82) is 0 Å². The molecule has 0 atom stereocenters. The molecule has 1 saturated heterocycles. The number of fused-ring (bicyclic) bond motifs is 1. The van der Waals surface area contributed by atoms with Gasteiger partial charge in [-0.2, -0.15) is 0 Å². The molecule has 0 unspecified atom stereocenters. The van der Waals surface area contributed by atoms with Gasteiger partial charge in [-0.3, -0.25) is 4.79 Å². The minimum atomic E-state index is -0.300. The van der Waals surface area contributed by atoms with Crippen LogP contribution in [0.2, 0.25) is 0 Å². The van der Waals surface area contributed by atoms with Gasteiger partial charge in [0.15, 0.2) is 0 Å². The van der Waals surface area contributed by atoms with Crippen molar-refractivity contribution in [3.05, 3.63) is 60.0 Å². The molecule has 0 spiro atoms. The Labute approximate surface area is 158 Å². The Morgan fingerprint density at radius 2 is 1.93 bits per heavy atom. The summed E-state index contributed by atoms with van der Waals surface area (Å²) in [6.45, 7) is 4.48. The summed E-state index contributed by atoms with van der Waals surface area (Å²) in [5.41, 5.74) is 3.60. The zero-order valence-corrected chi connectivity index (χ0v) is 15.5. The zero-order valence-electron chi connectivity index (χ0n) is 15.5. The first-order valence-electron chi connectivity index (χ1n) is 9.49. The van der Waals surface area contributed by atoms with Gasteiger partial charge in [0.1, 0.15) is 5.82 Å². The molecule has 1 amide bonds. The first-order chi connectivity index (χ1) is 13.1. The molecule has 4 nitrogen and oxygen atoms in total. The number of aromatic nitrogens is 1. The Hall–Kier alpha value is -2.82. The molecule has 0 aliphatic carbocycles. The highest BCUT2D eigenvalue weighted by molar-refractivity contribution is 5.95. The van der Waals surface area contributed by atoms with Gasteiger partial charge in [0.25, 0.3) is 0 Å². The number of aromatic amines is 1. The van der Waals surface area contributed by atoms with E-state index in [0.717, 1.165) is 41.2 Å². The maximum atomic E-state index is 13.5. The SMILES string of the molecule is CC1CCN(c2ccc(NC(=O)Cc3c[nH]c4ccc(F)cc34)cc2)CC1. The molecule has 27 heavy (non-hydrogen) atoms. The maximum absolute atomic E-state index is 13.5. The van der Waals surface area contributed by atoms with E-state index in [0.29, 0.717) is 0 Å². The number of carbonyl (C=O) groups excluding carboxylic acids is 1. The first-order valence-corrected chi connectivity index (χ1v) is 9.49. The van der Waals surface area contributed by atoms with Crippen molar-refractivity contribution in [3.8, 4) is 0 Å². The van der Waals surface area contributed by atoms with Gasteiger partial charge in [0.05, 0.1) is 6.42 Å². The van der Waals surface area contributed by atoms with E-state index in [9.17, 15) is 9.18 Å². The van der Waals surface area contributed by atoms with E-state index in [2.05, 4.69) is 34.3 Å². The number of rotatable bonds is 4. The van der Waals surface area contributed by atoms with Crippen LogP contribution in [0.15, 0.2) is 48.7 Å². The van der Waals surface area contributed by atoms with Crippen LogP contribution in [-0.2, 0) is 11.2 Å². The first kappa shape index (κ1) is 17.6. The number of amides is 1. The van der Waals surface area contributed by atoms with Crippen LogP contribution >= 0.6 is 0 Å². The second kappa shape index (κ2) is 7.43. The van der Waals surface area contributed by atoms with Gasteiger partial charge in [-0.25, -0.2) is 4.39 Å². The third kappa shape index (κ3) is 3.97. The van der Waals surface area contributed by atoms with Crippen LogP contribution in [0, 0.1) is 11.7 Å². The summed E-state index contributed by atoms with van der Waals surface area (Å²) in [6, 6.07) is 12.6. The molecule has 1 aliphatic heterocycles. The molecule has 0 bridgehead atoms. The molecule has 0 saturated carbocycles. The summed E-state index contributed by atoms with van der Waals surface area (Å²) in [5, 5.41) is 3.68. The monoisotopic (exact) mass is 365 g/mol. The summed E-state index contributed by atoms with van der Waals surface area (Å²) >= 11 is 0. The Balaban J connectivity index is 1.40. The zero-order chi connectivity index (χ0) is 18.8. The second-order valence-electron chi connectivity index (χ2n) is 7.45. The number of H-pyrrole nitrogens is 1. The van der Waals surface area contributed by atoms with E-state index in [4.69, 9.17) is 0 Å². The smallest absolute Gasteiger partial charge is 0.228 e. The average molecular weight is 365 g/mol. The molecular weight excluding hydrogens is 341 g/mol. The van der Waals surface area contributed by atoms with Crippen molar-refractivity contribution in [3.63, 3.8) is 0 Å². The number of hydrogen-bond acceptors (Lipinski definition) is 2. The molecule has 2 heterocycles. The molecule has 1 aliphatic rings. The summed E-state index contributed by atoms with van der Waals surface area (Å²) in [6.07, 6.45) is 4.42. The van der Waals surface area contributed by atoms with Crippen LogP contribution in [0.25, 0.3) is 10.9 Å². The van der Waals surface area contributed by atoms with Crippen LogP contribution in [0.4, 0.5) is 15.8 Å². The fourth-order valence-electron chi connectivity index (χ4n) is 3.70. The Bertz CT molecular complexity index is 940. The predicted octanol–water partition coefficient (Wildman–Crippen LogP) is 4.72. The Kier molecular flexibility index (Phi) is 4.84. The van der Waals surface area contributed by atoms with E-state index < -0.39 is 0 Å². The number of piperidine rings is 1. The van der Waals surface area contributed by atoms with Gasteiger partial charge in [-0.05, 0) is 66.8 Å². The van der Waals surface area contributed by atoms with E-state index in [-0.39, 0.29) is 18.1 Å². The Morgan fingerprint density at radius 1 is 1.19 bits per heavy atom. The third-order valence-corrected chi connectivity index (χ3v) is 5.38. The van der Waals surface area contributed by atoms with Gasteiger partial charge >= 0.3 is 0 Å². The number of benzene rings is 2. The lowest BCUT2D eigenvalue weighted by molar-refractivity contribution is -0.115. The molecule has 0 radical (unpaired) electrons. The maximum Gasteiger partial charge on any atom is 0.228 e. The van der Waals surface area contributed by atoms with Crippen molar-refractivity contribution in [2.45, 2.75) is 26.2 Å². The number of nitrogens with one attached hydrogen (secondary N) is 2. The van der Waals surface area contributed by atoms with Gasteiger partial charge in [-0.1, -0.05) is 6.92 Å². The number of nitrogens with zero attached hydrogens (tertiary/aromatic N) is 1. The summed E-state index contributed by atoms with van der Waals surface area (Å²) in [4.78, 5) is 17.9. The largest absolute Gasteiger partial charge is 0.372 e. The topological polar surface area (TPSA) is 48.1 Å². The van der Waals surface area contributed by atoms with Gasteiger partial charge in [0, 0.05) is 41.6 Å². The summed E-state index contributed by atoms with van der Waals surface area (Å²) in [5.74, 6) is 0.393. The molecule has 3 aromatic rings. The van der Waals surface area contributed by atoms with Crippen molar-refractivity contribution in [2.75, 3.05) is 23.3 Å². The van der Waals surface area contributed by atoms with Crippen molar-refractivity contribution < 1.29 is 9.18 Å². The van der Waals surface area contributed by atoms with Crippen LogP contribution < -0.4 is 10.2 Å². The number of hydrogen-bond donors (Lipinski definition) is 2. The molecule has 140 valence electrons. The van der Waals surface area contributed by atoms with Crippen LogP contribution in [0.1, 0.15) is 25.3 Å². The molecular formula is C22H24FN3O. The summed E-state index contributed by atoms with van der Waals surface area (Å²) < 4.78 is 13.5. The van der Waals surface area contributed by atoms with Crippen molar-refractivity contribution >= 4 is 28.2 Å². The minimum Gasteiger partial charge on any atom is -0.372 e. The van der Waals surface area contributed by atoms with E-state index in [1.807, 2.05) is 12.1 Å². The van der Waals surface area contributed by atoms with Crippen molar-refractivity contribution in [2.24, 2.45) is 5.92 Å². The van der Waals surface area contributed by atoms with Crippen LogP contribution in [0.3, 0.4) is 0 Å². The van der Waals surface area contributed by atoms with Gasteiger partial charge in [0.2, 0.25) is 5.91 Å². The number of carbonyl (C=O) groups is 1. The predicted molar refractivity (Wildman–Crippen MR) is 108 cm³/mol. The highest BCUT2D eigenvalue weighted by atomic mass is 19.1. The lowest BCUT2D eigenvalue weighted by Gasteiger charge is -2.32. The molecule has 5 heteroatoms. The van der Waals surface area contributed by atoms with Crippen LogP contribution in [-0.4, -0.2) is 24.0 Å². The van der Waals surface area contributed by atoms with Crippen LogP contribution in [0.5, 0.6) is 0 Å². The fraction of sp³-hybridized carbons (Fsp3) is 0.318. The van der Waals surface area contributed by atoms with E-state index >= 15 is 0 Å². The normalized spacial score (nSPS) is 15.3. The van der Waals surface area contributed by atoms with Crippen molar-refractivity contribution in [1.82, 2.24) is 4.98 Å². The molecule has 4 rings (SSSR count). The minimum absolute atomic E-state index is 0.111. The average Bonchev–Trinajstić information content (AvgIpc) is 3.05. The van der Waals surface area contributed by atoms with Gasteiger partial charge < -0.3 is 15.2 Å². The van der Waals surface area contributed by atoms with Gasteiger partial charge in [-0.15, -0.1) is 0 Å². The number of halogens is 1. The second-order valence-corrected chi connectivity index (χ2v) is 7.45. The summed E-state index contributed by atoms with van der Waals surface area (Å²) in [7, 11) is 0. The molecule has 2 aromatic carbocycles. The third-order valence-electron chi connectivity index (χ3n) is 5.38. The quantitative estimate of drug-likeness (QED) is 0.702. The number of anilines is 2. The van der Waals surface area contributed by atoms with E-state index in [1.165, 1.54) is 30.7 Å². The van der Waals surface area contributed by atoms with E-state index in [1.54, 1.807) is 12.3 Å². The Morgan fingerprint density at radius 3 is 2.67 bits per heavy atom. The fourth-order valence-corrected chi connectivity index (χ4v) is 3.70. The molecule has 2 N–H and O–H groups in total. The highest BCUT2D eigenvalue weighted by Gasteiger charge is 2.16. The lowest BCUT2D eigenvalue weighted by atomic mass is 9.99. The lowest BCUT2D eigenvalue weighted by Crippen LogP contribution is -2.32. The molecule has 1 fully saturated rings. The standard InChI is InChI=1S/C22H24FN3O/c1-15-8-10-26(11-9-15)19-5-3-18(4-6-19)25-22(27)12-16-14-24-21-7-2-17(23)13-20(16)21/h2-7,13-15,24H,8-12H2,1H3,(H,25,27).